The van der Waals surface area contributed by atoms with E-state index in [-0.39, 0.29) is 27.6 Å². The number of pyridine rings is 1. The third-order valence-corrected chi connectivity index (χ3v) is 7.53. The Kier molecular flexibility index (Phi) is 4.40. The average Bonchev–Trinajstić information content (AvgIpc) is 3.19. The quantitative estimate of drug-likeness (QED) is 0.709. The van der Waals surface area contributed by atoms with Gasteiger partial charge in [0, 0.05) is 36.3 Å². The highest BCUT2D eigenvalue weighted by Crippen LogP contribution is 2.29. The van der Waals surface area contributed by atoms with Crippen LogP contribution in [0.4, 0.5) is 0 Å². The molecule has 29 heavy (non-hydrogen) atoms. The Morgan fingerprint density at radius 1 is 1.14 bits per heavy atom. The molecular weight excluding hydrogens is 390 g/mol. The number of nitrogens with one attached hydrogen (secondary N) is 1. The smallest absolute Gasteiger partial charge is 0.270 e. The van der Waals surface area contributed by atoms with Gasteiger partial charge in [-0.15, -0.1) is 0 Å². The average molecular weight is 411 g/mol. The number of aromatic nitrogens is 1. The molecule has 0 saturated carbocycles. The summed E-state index contributed by atoms with van der Waals surface area (Å²) in [6.07, 6.45) is 3.70. The fourth-order valence-electron chi connectivity index (χ4n) is 4.25. The van der Waals surface area contributed by atoms with E-state index < -0.39 is 9.84 Å². The van der Waals surface area contributed by atoms with E-state index in [4.69, 9.17) is 4.42 Å². The fourth-order valence-corrected chi connectivity index (χ4v) is 5.48. The lowest BCUT2D eigenvalue weighted by atomic mass is 9.84. The van der Waals surface area contributed by atoms with Crippen molar-refractivity contribution in [3.05, 3.63) is 54.4 Å². The van der Waals surface area contributed by atoms with E-state index in [1.54, 1.807) is 18.2 Å². The molecule has 3 fully saturated rings. The zero-order valence-electron chi connectivity index (χ0n) is 15.7. The third kappa shape index (κ3) is 3.32. The number of hydrogen-bond donors (Lipinski definition) is 1. The van der Waals surface area contributed by atoms with Gasteiger partial charge in [-0.1, -0.05) is 18.2 Å². The maximum atomic E-state index is 12.8. The van der Waals surface area contributed by atoms with E-state index in [0.717, 1.165) is 32.5 Å². The minimum absolute atomic E-state index is 0.133. The Morgan fingerprint density at radius 3 is 2.59 bits per heavy atom. The standard InChI is InChI=1S/C21H21N3O4S/c25-21(23-18-13-24-8-6-14(18)7-9-24)17-11-19-15(12-22-17)10-20(28-19)29(26,27)16-4-2-1-3-5-16/h1-5,10-12,14,18H,6-9,13H2,(H,23,25)/t18-/m0/s1. The minimum atomic E-state index is -3.76. The van der Waals surface area contributed by atoms with Crippen LogP contribution in [0.3, 0.4) is 0 Å². The van der Waals surface area contributed by atoms with Crippen molar-refractivity contribution >= 4 is 26.7 Å². The summed E-state index contributed by atoms with van der Waals surface area (Å²) in [5.74, 6) is 0.258. The molecule has 5 heterocycles. The summed E-state index contributed by atoms with van der Waals surface area (Å²) in [5.41, 5.74) is 0.556. The lowest BCUT2D eigenvalue weighted by Gasteiger charge is -2.44. The summed E-state index contributed by atoms with van der Waals surface area (Å²) in [4.78, 5) is 19.5. The molecule has 1 aromatic carbocycles. The van der Waals surface area contributed by atoms with Crippen LogP contribution in [-0.4, -0.2) is 49.9 Å². The normalized spacial score (nSPS) is 23.9. The first-order chi connectivity index (χ1) is 14.0. The Hall–Kier alpha value is -2.71. The van der Waals surface area contributed by atoms with E-state index >= 15 is 0 Å². The predicted octanol–water partition coefficient (Wildman–Crippen LogP) is 2.48. The number of rotatable bonds is 4. The minimum Gasteiger partial charge on any atom is -0.444 e. The van der Waals surface area contributed by atoms with E-state index in [1.807, 2.05) is 0 Å². The van der Waals surface area contributed by atoms with Crippen LogP contribution in [-0.2, 0) is 9.84 Å². The summed E-state index contributed by atoms with van der Waals surface area (Å²) in [6.45, 7) is 3.08. The number of furan rings is 1. The van der Waals surface area contributed by atoms with Crippen LogP contribution in [0.15, 0.2) is 63.1 Å². The van der Waals surface area contributed by atoms with E-state index in [2.05, 4.69) is 15.2 Å². The van der Waals surface area contributed by atoms with Gasteiger partial charge in [0.1, 0.15) is 11.3 Å². The van der Waals surface area contributed by atoms with Crippen LogP contribution in [0.1, 0.15) is 23.3 Å². The first-order valence-corrected chi connectivity index (χ1v) is 11.2. The number of hydrogen-bond acceptors (Lipinski definition) is 6. The maximum absolute atomic E-state index is 12.8. The van der Waals surface area contributed by atoms with Gasteiger partial charge in [0.2, 0.25) is 14.9 Å². The highest BCUT2D eigenvalue weighted by Gasteiger charge is 2.35. The maximum Gasteiger partial charge on any atom is 0.270 e. The van der Waals surface area contributed by atoms with Crippen LogP contribution in [0.2, 0.25) is 0 Å². The van der Waals surface area contributed by atoms with E-state index in [9.17, 15) is 13.2 Å². The van der Waals surface area contributed by atoms with Crippen LogP contribution in [0.5, 0.6) is 0 Å². The molecular formula is C21H21N3O4S. The number of amides is 1. The molecule has 7 nitrogen and oxygen atoms in total. The predicted molar refractivity (Wildman–Crippen MR) is 106 cm³/mol. The summed E-state index contributed by atoms with van der Waals surface area (Å²) >= 11 is 0. The van der Waals surface area contributed by atoms with Crippen LogP contribution < -0.4 is 5.32 Å². The lowest BCUT2D eigenvalue weighted by molar-refractivity contribution is 0.0618. The number of carbonyl (C=O) groups excluding carboxylic acids is 1. The van der Waals surface area contributed by atoms with Gasteiger partial charge in [-0.05, 0) is 44.0 Å². The molecule has 3 aliphatic rings. The molecule has 2 bridgehead atoms. The second-order valence-electron chi connectivity index (χ2n) is 7.71. The SMILES string of the molecule is O=C(N[C@H]1CN2CCC1CC2)c1cc2oc(S(=O)(=O)c3ccccc3)cc2cn1. The monoisotopic (exact) mass is 411 g/mol. The molecule has 0 aliphatic carbocycles. The van der Waals surface area contributed by atoms with Crippen molar-refractivity contribution in [1.29, 1.82) is 0 Å². The Labute approximate surface area is 168 Å². The van der Waals surface area contributed by atoms with Crippen LogP contribution >= 0.6 is 0 Å². The van der Waals surface area contributed by atoms with Gasteiger partial charge >= 0.3 is 0 Å². The van der Waals surface area contributed by atoms with Crippen molar-refractivity contribution in [3.8, 4) is 0 Å². The van der Waals surface area contributed by atoms with Crippen molar-refractivity contribution in [3.63, 3.8) is 0 Å². The summed E-state index contributed by atoms with van der Waals surface area (Å²) < 4.78 is 31.1. The number of sulfone groups is 1. The Bertz CT molecular complexity index is 1170. The molecule has 3 aromatic rings. The number of piperidine rings is 3. The van der Waals surface area contributed by atoms with Crippen molar-refractivity contribution in [2.45, 2.75) is 28.9 Å². The van der Waals surface area contributed by atoms with E-state index in [1.165, 1.54) is 30.5 Å². The van der Waals surface area contributed by atoms with Gasteiger partial charge < -0.3 is 14.6 Å². The first-order valence-electron chi connectivity index (χ1n) is 9.74. The highest BCUT2D eigenvalue weighted by atomic mass is 32.2. The molecule has 150 valence electrons. The number of carbonyl (C=O) groups is 1. The number of fused-ring (bicyclic) bond motifs is 4. The molecule has 0 unspecified atom stereocenters. The molecule has 2 aromatic heterocycles. The van der Waals surface area contributed by atoms with Crippen LogP contribution in [0.25, 0.3) is 11.0 Å². The zero-order valence-corrected chi connectivity index (χ0v) is 16.6. The third-order valence-electron chi connectivity index (χ3n) is 5.90. The lowest BCUT2D eigenvalue weighted by Crippen LogP contribution is -2.57. The van der Waals surface area contributed by atoms with Gasteiger partial charge in [0.05, 0.1) is 4.90 Å². The second kappa shape index (κ2) is 6.96. The molecule has 1 N–H and O–H groups in total. The number of benzene rings is 1. The summed E-state index contributed by atoms with van der Waals surface area (Å²) in [5, 5.41) is 3.47. The molecule has 3 saturated heterocycles. The van der Waals surface area contributed by atoms with Gasteiger partial charge in [0.15, 0.2) is 0 Å². The molecule has 1 atom stereocenters. The van der Waals surface area contributed by atoms with Gasteiger partial charge in [0.25, 0.3) is 5.91 Å². The zero-order chi connectivity index (χ0) is 20.0. The van der Waals surface area contributed by atoms with E-state index in [0.29, 0.717) is 16.9 Å². The van der Waals surface area contributed by atoms with Gasteiger partial charge in [-0.25, -0.2) is 8.42 Å². The second-order valence-corrected chi connectivity index (χ2v) is 9.59. The van der Waals surface area contributed by atoms with Crippen molar-refractivity contribution in [1.82, 2.24) is 15.2 Å². The molecule has 0 radical (unpaired) electrons. The van der Waals surface area contributed by atoms with Crippen molar-refractivity contribution in [2.24, 2.45) is 5.92 Å². The van der Waals surface area contributed by atoms with Crippen LogP contribution in [0, 0.1) is 5.92 Å². The fraction of sp³-hybridized carbons (Fsp3) is 0.333. The molecule has 6 rings (SSSR count). The molecule has 8 heteroatoms. The Balaban J connectivity index is 1.40. The topological polar surface area (TPSA) is 92.5 Å². The largest absolute Gasteiger partial charge is 0.444 e. The highest BCUT2D eigenvalue weighted by molar-refractivity contribution is 7.91. The molecule has 3 aliphatic heterocycles. The van der Waals surface area contributed by atoms with Gasteiger partial charge in [-0.2, -0.15) is 0 Å². The summed E-state index contributed by atoms with van der Waals surface area (Å²) in [6, 6.07) is 11.2. The van der Waals surface area contributed by atoms with Crippen molar-refractivity contribution < 1.29 is 17.6 Å². The Morgan fingerprint density at radius 2 is 1.90 bits per heavy atom. The van der Waals surface area contributed by atoms with Crippen molar-refractivity contribution in [2.75, 3.05) is 19.6 Å². The first kappa shape index (κ1) is 18.3. The molecule has 0 spiro atoms. The number of nitrogens with zero attached hydrogens (tertiary/aromatic N) is 2. The summed E-state index contributed by atoms with van der Waals surface area (Å²) in [7, 11) is -3.76. The molecule has 1 amide bonds. The van der Waals surface area contributed by atoms with Gasteiger partial charge in [-0.3, -0.25) is 9.78 Å².